The number of hydrogen-bond donors (Lipinski definition) is 2. The molecule has 1 aromatic carbocycles. The molecule has 0 radical (unpaired) electrons. The number of anilines is 2. The number of carbonyl (C=O) groups is 3. The summed E-state index contributed by atoms with van der Waals surface area (Å²) < 4.78 is 1.61. The summed E-state index contributed by atoms with van der Waals surface area (Å²) in [4.78, 5) is 36.4. The number of rotatable bonds is 3. The zero-order valence-corrected chi connectivity index (χ0v) is 13.9. The molecule has 1 aliphatic rings. The number of halogens is 1. The Morgan fingerprint density at radius 2 is 2.22 bits per heavy atom. The fourth-order valence-corrected chi connectivity index (χ4v) is 2.71. The molecule has 2 aromatic rings. The van der Waals surface area contributed by atoms with E-state index in [-0.39, 0.29) is 30.1 Å². The number of nitrogens with zero attached hydrogens (tertiary/aromatic N) is 3. The number of benzene rings is 1. The SMILES string of the molecule is Cn1nc(N2CCC(=O)NC2=O)c2cccc(NC(=O)CBr)c21. The standard InChI is InChI=1S/C14H14BrN5O3/c1-19-12-8(3-2-4-9(12)16-11(22)7-15)13(18-19)20-6-5-10(21)17-14(20)23/h2-4H,5-7H2,1H3,(H,16,22)(H,17,21,23). The molecule has 1 aromatic heterocycles. The van der Waals surface area contributed by atoms with E-state index in [0.29, 0.717) is 17.0 Å². The van der Waals surface area contributed by atoms with Crippen molar-refractivity contribution in [3.63, 3.8) is 0 Å². The van der Waals surface area contributed by atoms with Crippen LogP contribution in [0.1, 0.15) is 6.42 Å². The maximum Gasteiger partial charge on any atom is 0.329 e. The van der Waals surface area contributed by atoms with Crippen molar-refractivity contribution < 1.29 is 14.4 Å². The maximum atomic E-state index is 12.0. The number of imide groups is 1. The minimum atomic E-state index is -0.490. The smallest absolute Gasteiger partial charge is 0.323 e. The quantitative estimate of drug-likeness (QED) is 0.786. The minimum absolute atomic E-state index is 0.179. The molecule has 4 amide bonds. The van der Waals surface area contributed by atoms with Crippen LogP contribution in [0.25, 0.3) is 10.9 Å². The molecule has 1 saturated heterocycles. The molecule has 120 valence electrons. The highest BCUT2D eigenvalue weighted by Gasteiger charge is 2.28. The second kappa shape index (κ2) is 5.99. The fourth-order valence-electron chi connectivity index (χ4n) is 2.57. The van der Waals surface area contributed by atoms with Crippen LogP contribution in [0.3, 0.4) is 0 Å². The van der Waals surface area contributed by atoms with Crippen LogP contribution >= 0.6 is 15.9 Å². The van der Waals surface area contributed by atoms with E-state index in [1.54, 1.807) is 23.9 Å². The monoisotopic (exact) mass is 379 g/mol. The van der Waals surface area contributed by atoms with E-state index in [1.165, 1.54) is 4.90 Å². The Hall–Kier alpha value is -2.42. The van der Waals surface area contributed by atoms with Gasteiger partial charge in [-0.1, -0.05) is 22.0 Å². The van der Waals surface area contributed by atoms with Crippen molar-refractivity contribution in [1.29, 1.82) is 0 Å². The third-order valence-corrected chi connectivity index (χ3v) is 4.06. The van der Waals surface area contributed by atoms with Gasteiger partial charge in [-0.25, -0.2) is 4.79 Å². The lowest BCUT2D eigenvalue weighted by Gasteiger charge is -2.24. The summed E-state index contributed by atoms with van der Waals surface area (Å²) in [5, 5.41) is 10.4. The first-order valence-corrected chi connectivity index (χ1v) is 8.06. The Kier molecular flexibility index (Phi) is 4.03. The highest BCUT2D eigenvalue weighted by atomic mass is 79.9. The number of aromatic nitrogens is 2. The molecule has 0 saturated carbocycles. The number of alkyl halides is 1. The van der Waals surface area contributed by atoms with E-state index in [2.05, 4.69) is 31.7 Å². The minimum Gasteiger partial charge on any atom is -0.323 e. The summed E-state index contributed by atoms with van der Waals surface area (Å²) in [5.41, 5.74) is 1.32. The van der Waals surface area contributed by atoms with Crippen LogP contribution in [0.2, 0.25) is 0 Å². The third-order valence-electron chi connectivity index (χ3n) is 3.55. The number of urea groups is 1. The number of amides is 4. The molecule has 23 heavy (non-hydrogen) atoms. The van der Waals surface area contributed by atoms with Gasteiger partial charge in [0.15, 0.2) is 5.82 Å². The van der Waals surface area contributed by atoms with Crippen molar-refractivity contribution in [3.05, 3.63) is 18.2 Å². The van der Waals surface area contributed by atoms with Crippen LogP contribution in [-0.4, -0.2) is 39.5 Å². The second-order valence-corrected chi connectivity index (χ2v) is 5.65. The topological polar surface area (TPSA) is 96.3 Å². The molecule has 0 aliphatic carbocycles. The van der Waals surface area contributed by atoms with Crippen LogP contribution < -0.4 is 15.5 Å². The molecule has 0 atom stereocenters. The number of hydrogen-bond acceptors (Lipinski definition) is 4. The van der Waals surface area contributed by atoms with Crippen LogP contribution in [0.4, 0.5) is 16.3 Å². The summed E-state index contributed by atoms with van der Waals surface area (Å²) in [6, 6.07) is 4.89. The maximum absolute atomic E-state index is 12.0. The van der Waals surface area contributed by atoms with Gasteiger partial charge in [-0.2, -0.15) is 5.10 Å². The largest absolute Gasteiger partial charge is 0.329 e. The van der Waals surface area contributed by atoms with Gasteiger partial charge >= 0.3 is 6.03 Å². The fraction of sp³-hybridized carbons (Fsp3) is 0.286. The van der Waals surface area contributed by atoms with Crippen LogP contribution in [0, 0.1) is 0 Å². The Morgan fingerprint density at radius 3 is 2.91 bits per heavy atom. The lowest BCUT2D eigenvalue weighted by Crippen LogP contribution is -2.49. The highest BCUT2D eigenvalue weighted by Crippen LogP contribution is 2.31. The van der Waals surface area contributed by atoms with Gasteiger partial charge in [0.25, 0.3) is 0 Å². The van der Waals surface area contributed by atoms with E-state index in [4.69, 9.17) is 0 Å². The molecular formula is C14H14BrN5O3. The lowest BCUT2D eigenvalue weighted by molar-refractivity contribution is -0.120. The van der Waals surface area contributed by atoms with E-state index >= 15 is 0 Å². The van der Waals surface area contributed by atoms with Crippen LogP contribution in [-0.2, 0) is 16.6 Å². The van der Waals surface area contributed by atoms with E-state index in [9.17, 15) is 14.4 Å². The molecule has 1 fully saturated rings. The molecular weight excluding hydrogens is 366 g/mol. The van der Waals surface area contributed by atoms with Crippen molar-refractivity contribution in [3.8, 4) is 0 Å². The summed E-state index contributed by atoms with van der Waals surface area (Å²) in [6.45, 7) is 0.273. The van der Waals surface area contributed by atoms with Gasteiger partial charge < -0.3 is 5.32 Å². The second-order valence-electron chi connectivity index (χ2n) is 5.09. The molecule has 9 heteroatoms. The van der Waals surface area contributed by atoms with Gasteiger partial charge in [0.2, 0.25) is 11.8 Å². The molecule has 2 heterocycles. The van der Waals surface area contributed by atoms with Gasteiger partial charge in [0, 0.05) is 25.4 Å². The summed E-state index contributed by atoms with van der Waals surface area (Å²) in [7, 11) is 1.74. The van der Waals surface area contributed by atoms with Crippen molar-refractivity contribution in [1.82, 2.24) is 15.1 Å². The normalized spacial score (nSPS) is 15.0. The van der Waals surface area contributed by atoms with Gasteiger partial charge in [-0.15, -0.1) is 0 Å². The summed E-state index contributed by atoms with van der Waals surface area (Å²) in [5.74, 6) is -0.0132. The van der Waals surface area contributed by atoms with Crippen molar-refractivity contribution in [2.24, 2.45) is 7.05 Å². The molecule has 0 bridgehead atoms. The number of carbonyl (C=O) groups excluding carboxylic acids is 3. The number of nitrogens with one attached hydrogen (secondary N) is 2. The van der Waals surface area contributed by atoms with Crippen molar-refractivity contribution in [2.45, 2.75) is 6.42 Å². The third kappa shape index (κ3) is 2.79. The zero-order chi connectivity index (χ0) is 16.6. The Balaban J connectivity index is 2.06. The Morgan fingerprint density at radius 1 is 1.43 bits per heavy atom. The molecule has 0 spiro atoms. The van der Waals surface area contributed by atoms with Crippen LogP contribution in [0.5, 0.6) is 0 Å². The first-order chi connectivity index (χ1) is 11.0. The lowest BCUT2D eigenvalue weighted by atomic mass is 10.2. The molecule has 0 unspecified atom stereocenters. The Bertz CT molecular complexity index is 816. The first kappa shape index (κ1) is 15.5. The molecule has 2 N–H and O–H groups in total. The summed E-state index contributed by atoms with van der Waals surface area (Å²) in [6.07, 6.45) is 0.226. The molecule has 3 rings (SSSR count). The number of para-hydroxylation sites is 1. The first-order valence-electron chi connectivity index (χ1n) is 6.94. The van der Waals surface area contributed by atoms with E-state index < -0.39 is 6.03 Å². The van der Waals surface area contributed by atoms with Gasteiger partial charge in [0.05, 0.1) is 16.5 Å². The van der Waals surface area contributed by atoms with Crippen molar-refractivity contribution >= 4 is 56.2 Å². The summed E-state index contributed by atoms with van der Waals surface area (Å²) >= 11 is 3.11. The van der Waals surface area contributed by atoms with E-state index in [1.807, 2.05) is 6.07 Å². The van der Waals surface area contributed by atoms with Gasteiger partial charge in [-0.05, 0) is 12.1 Å². The van der Waals surface area contributed by atoms with Crippen LogP contribution in [0.15, 0.2) is 18.2 Å². The Labute approximate surface area is 139 Å². The molecule has 8 nitrogen and oxygen atoms in total. The zero-order valence-electron chi connectivity index (χ0n) is 12.3. The molecule has 1 aliphatic heterocycles. The van der Waals surface area contributed by atoms with Gasteiger partial charge in [0.1, 0.15) is 0 Å². The number of fused-ring (bicyclic) bond motifs is 1. The average molecular weight is 380 g/mol. The predicted molar refractivity (Wildman–Crippen MR) is 88.6 cm³/mol. The highest BCUT2D eigenvalue weighted by molar-refractivity contribution is 9.09. The predicted octanol–water partition coefficient (Wildman–Crippen LogP) is 1.35. The van der Waals surface area contributed by atoms with Gasteiger partial charge in [-0.3, -0.25) is 24.5 Å². The van der Waals surface area contributed by atoms with Crippen molar-refractivity contribution in [2.75, 3.05) is 22.1 Å². The average Bonchev–Trinajstić information content (AvgIpc) is 2.85. The van der Waals surface area contributed by atoms with E-state index in [0.717, 1.165) is 5.39 Å². The number of aryl methyl sites for hydroxylation is 1.